The van der Waals surface area contributed by atoms with E-state index in [9.17, 15) is 0 Å². The fraction of sp³-hybridized carbons (Fsp3) is 0.944. The third-order valence-corrected chi connectivity index (χ3v) is 4.11. The quantitative estimate of drug-likeness (QED) is 0.168. The van der Waals surface area contributed by atoms with Gasteiger partial charge in [0, 0.05) is 65.6 Å². The number of nitrogens with zero attached hydrogens (tertiary/aromatic N) is 2. The van der Waals surface area contributed by atoms with Crippen molar-refractivity contribution in [2.45, 2.75) is 26.2 Å². The first-order chi connectivity index (χ1) is 12.3. The second kappa shape index (κ2) is 18.2. The molecule has 0 aliphatic carbocycles. The molecular weight excluding hydrogens is 447 g/mol. The molecule has 8 heteroatoms. The topological polar surface area (TPSA) is 67.4 Å². The number of ether oxygens (including phenoxy) is 3. The smallest absolute Gasteiger partial charge is 0.191 e. The van der Waals surface area contributed by atoms with E-state index in [0.717, 1.165) is 91.0 Å². The second-order valence-corrected chi connectivity index (χ2v) is 6.50. The summed E-state index contributed by atoms with van der Waals surface area (Å²) in [5.41, 5.74) is 0. The molecule has 7 nitrogen and oxygen atoms in total. The van der Waals surface area contributed by atoms with Gasteiger partial charge in [-0.1, -0.05) is 0 Å². The van der Waals surface area contributed by atoms with Crippen molar-refractivity contribution < 1.29 is 14.2 Å². The Balaban J connectivity index is 0.00000625. The summed E-state index contributed by atoms with van der Waals surface area (Å²) < 4.78 is 16.1. The number of halogens is 1. The second-order valence-electron chi connectivity index (χ2n) is 6.50. The van der Waals surface area contributed by atoms with Gasteiger partial charge in [-0.3, -0.25) is 4.99 Å². The number of rotatable bonds is 14. The van der Waals surface area contributed by atoms with E-state index in [1.165, 1.54) is 0 Å². The normalized spacial score (nSPS) is 17.4. The first kappa shape index (κ1) is 25.8. The van der Waals surface area contributed by atoms with Gasteiger partial charge in [0.25, 0.3) is 0 Å². The Hall–Kier alpha value is -0.160. The van der Waals surface area contributed by atoms with Crippen molar-refractivity contribution in [2.24, 2.45) is 10.9 Å². The molecule has 1 saturated heterocycles. The summed E-state index contributed by atoms with van der Waals surface area (Å²) in [7, 11) is 3.88. The molecule has 0 amide bonds. The lowest BCUT2D eigenvalue weighted by atomic mass is 10.1. The summed E-state index contributed by atoms with van der Waals surface area (Å²) in [5.74, 6) is 1.47. The van der Waals surface area contributed by atoms with Crippen LogP contribution in [-0.2, 0) is 14.2 Å². The third kappa shape index (κ3) is 14.0. The Morgan fingerprint density at radius 1 is 1.23 bits per heavy atom. The number of aliphatic imine (C=N–C) groups is 1. The Labute approximate surface area is 176 Å². The van der Waals surface area contributed by atoms with Crippen LogP contribution in [0.1, 0.15) is 26.2 Å². The predicted molar refractivity (Wildman–Crippen MR) is 118 cm³/mol. The largest absolute Gasteiger partial charge is 0.385 e. The Morgan fingerprint density at radius 2 is 2.08 bits per heavy atom. The van der Waals surface area contributed by atoms with Crippen LogP contribution in [0.3, 0.4) is 0 Å². The molecule has 2 N–H and O–H groups in total. The van der Waals surface area contributed by atoms with Crippen molar-refractivity contribution in [2.75, 3.05) is 79.9 Å². The Kier molecular flexibility index (Phi) is 18.1. The number of methoxy groups -OCH3 is 1. The van der Waals surface area contributed by atoms with Crippen LogP contribution in [0.2, 0.25) is 0 Å². The highest BCUT2D eigenvalue weighted by molar-refractivity contribution is 14.0. The first-order valence-electron chi connectivity index (χ1n) is 9.61. The van der Waals surface area contributed by atoms with E-state index in [-0.39, 0.29) is 24.0 Å². The van der Waals surface area contributed by atoms with E-state index < -0.39 is 0 Å². The van der Waals surface area contributed by atoms with Crippen LogP contribution in [-0.4, -0.2) is 90.8 Å². The lowest BCUT2D eigenvalue weighted by Crippen LogP contribution is -2.41. The van der Waals surface area contributed by atoms with Crippen LogP contribution >= 0.6 is 24.0 Å². The van der Waals surface area contributed by atoms with E-state index in [4.69, 9.17) is 14.2 Å². The third-order valence-electron chi connectivity index (χ3n) is 4.11. The maximum absolute atomic E-state index is 5.71. The van der Waals surface area contributed by atoms with Crippen LogP contribution in [0.15, 0.2) is 4.99 Å². The van der Waals surface area contributed by atoms with Gasteiger partial charge in [-0.25, -0.2) is 0 Å². The standard InChI is InChI=1S/C18H38N4O3.HI/c1-4-19-18(21-9-11-22(2)10-6-12-23-3)20-8-5-13-24-15-17-7-14-25-16-17;/h17H,4-16H2,1-3H3,(H2,19,20,21);1H. The lowest BCUT2D eigenvalue weighted by molar-refractivity contribution is 0.0893. The highest BCUT2D eigenvalue weighted by Crippen LogP contribution is 2.12. The van der Waals surface area contributed by atoms with E-state index in [1.807, 2.05) is 0 Å². The monoisotopic (exact) mass is 486 g/mol. The minimum absolute atomic E-state index is 0. The Bertz CT molecular complexity index is 342. The van der Waals surface area contributed by atoms with Crippen molar-refractivity contribution >= 4 is 29.9 Å². The first-order valence-corrected chi connectivity index (χ1v) is 9.61. The molecule has 0 saturated carbocycles. The molecule has 0 spiro atoms. The molecule has 1 fully saturated rings. The fourth-order valence-electron chi connectivity index (χ4n) is 2.62. The number of likely N-dealkylation sites (N-methyl/N-ethyl adjacent to an activating group) is 1. The highest BCUT2D eigenvalue weighted by atomic mass is 127. The van der Waals surface area contributed by atoms with Crippen LogP contribution in [0.25, 0.3) is 0 Å². The summed E-state index contributed by atoms with van der Waals surface area (Å²) in [6, 6.07) is 0. The van der Waals surface area contributed by atoms with Gasteiger partial charge in [0.05, 0.1) is 13.2 Å². The molecular formula is C18H39IN4O3. The summed E-state index contributed by atoms with van der Waals surface area (Å²) in [5, 5.41) is 6.67. The van der Waals surface area contributed by atoms with Gasteiger partial charge in [-0.2, -0.15) is 0 Å². The van der Waals surface area contributed by atoms with E-state index in [0.29, 0.717) is 5.92 Å². The molecule has 1 heterocycles. The van der Waals surface area contributed by atoms with E-state index in [2.05, 4.69) is 34.5 Å². The van der Waals surface area contributed by atoms with Crippen LogP contribution in [0, 0.1) is 5.92 Å². The maximum atomic E-state index is 5.71. The van der Waals surface area contributed by atoms with E-state index in [1.54, 1.807) is 7.11 Å². The molecule has 0 bridgehead atoms. The molecule has 1 atom stereocenters. The number of hydrogen-bond donors (Lipinski definition) is 2. The average Bonchev–Trinajstić information content (AvgIpc) is 3.11. The molecule has 0 aromatic rings. The zero-order valence-electron chi connectivity index (χ0n) is 16.8. The van der Waals surface area contributed by atoms with Gasteiger partial charge >= 0.3 is 0 Å². The summed E-state index contributed by atoms with van der Waals surface area (Å²) in [6.07, 6.45) is 3.14. The van der Waals surface area contributed by atoms with Crippen molar-refractivity contribution in [3.63, 3.8) is 0 Å². The molecule has 0 aromatic heterocycles. The minimum Gasteiger partial charge on any atom is -0.385 e. The zero-order chi connectivity index (χ0) is 18.2. The van der Waals surface area contributed by atoms with Crippen LogP contribution in [0.5, 0.6) is 0 Å². The van der Waals surface area contributed by atoms with Crippen molar-refractivity contribution in [1.29, 1.82) is 0 Å². The number of hydrogen-bond acceptors (Lipinski definition) is 5. The fourth-order valence-corrected chi connectivity index (χ4v) is 2.62. The van der Waals surface area contributed by atoms with Gasteiger partial charge in [0.2, 0.25) is 0 Å². The zero-order valence-corrected chi connectivity index (χ0v) is 19.1. The van der Waals surface area contributed by atoms with Gasteiger partial charge in [0.15, 0.2) is 5.96 Å². The molecule has 0 radical (unpaired) electrons. The van der Waals surface area contributed by atoms with Gasteiger partial charge < -0.3 is 29.7 Å². The maximum Gasteiger partial charge on any atom is 0.191 e. The molecule has 1 rings (SSSR count). The summed E-state index contributed by atoms with van der Waals surface area (Å²) >= 11 is 0. The molecule has 1 aliphatic heterocycles. The SMILES string of the molecule is CCNC(=NCCCOCC1CCOC1)NCCN(C)CCCOC.I. The van der Waals surface area contributed by atoms with Crippen molar-refractivity contribution in [1.82, 2.24) is 15.5 Å². The summed E-state index contributed by atoms with van der Waals surface area (Å²) in [6.45, 7) is 10.8. The number of guanidine groups is 1. The van der Waals surface area contributed by atoms with Crippen molar-refractivity contribution in [3.05, 3.63) is 0 Å². The molecule has 26 heavy (non-hydrogen) atoms. The molecule has 156 valence electrons. The molecule has 1 aliphatic rings. The molecule has 1 unspecified atom stereocenters. The van der Waals surface area contributed by atoms with Gasteiger partial charge in [-0.15, -0.1) is 24.0 Å². The average molecular weight is 486 g/mol. The van der Waals surface area contributed by atoms with Crippen LogP contribution < -0.4 is 10.6 Å². The van der Waals surface area contributed by atoms with Gasteiger partial charge in [-0.05, 0) is 33.2 Å². The van der Waals surface area contributed by atoms with E-state index >= 15 is 0 Å². The highest BCUT2D eigenvalue weighted by Gasteiger charge is 2.15. The van der Waals surface area contributed by atoms with Gasteiger partial charge in [0.1, 0.15) is 0 Å². The van der Waals surface area contributed by atoms with Crippen molar-refractivity contribution in [3.8, 4) is 0 Å². The van der Waals surface area contributed by atoms with Crippen LogP contribution in [0.4, 0.5) is 0 Å². The number of nitrogens with one attached hydrogen (secondary N) is 2. The minimum atomic E-state index is 0. The Morgan fingerprint density at radius 3 is 2.77 bits per heavy atom. The molecule has 0 aromatic carbocycles. The summed E-state index contributed by atoms with van der Waals surface area (Å²) in [4.78, 5) is 6.91. The predicted octanol–water partition coefficient (Wildman–Crippen LogP) is 1.57. The lowest BCUT2D eigenvalue weighted by Gasteiger charge is -2.18.